The van der Waals surface area contributed by atoms with Gasteiger partial charge in [-0.1, -0.05) is 48.5 Å². The van der Waals surface area contributed by atoms with E-state index in [1.165, 1.54) is 17.0 Å². The average molecular weight is 492 g/mol. The number of nitrogens with zero attached hydrogens (tertiary/aromatic N) is 4. The van der Waals surface area contributed by atoms with Crippen LogP contribution in [0.3, 0.4) is 0 Å². The molecule has 0 saturated carbocycles. The number of hydrogen-bond acceptors (Lipinski definition) is 5. The van der Waals surface area contributed by atoms with Crippen molar-refractivity contribution in [3.8, 4) is 6.07 Å². The van der Waals surface area contributed by atoms with Crippen LogP contribution in [0.5, 0.6) is 0 Å². The fourth-order valence-electron chi connectivity index (χ4n) is 5.75. The Labute approximate surface area is 213 Å². The predicted octanol–water partition coefficient (Wildman–Crippen LogP) is 3.55. The van der Waals surface area contributed by atoms with Gasteiger partial charge in [-0.2, -0.15) is 5.26 Å². The Hall–Kier alpha value is -4.90. The van der Waals surface area contributed by atoms with E-state index >= 15 is 0 Å². The van der Waals surface area contributed by atoms with Gasteiger partial charge in [0, 0.05) is 30.5 Å². The van der Waals surface area contributed by atoms with E-state index in [0.717, 1.165) is 5.56 Å². The quantitative estimate of drug-likeness (QED) is 0.605. The third-order valence-corrected chi connectivity index (χ3v) is 7.35. The van der Waals surface area contributed by atoms with Crippen LogP contribution >= 0.6 is 0 Å². The molecule has 0 bridgehead atoms. The van der Waals surface area contributed by atoms with Gasteiger partial charge in [0.05, 0.1) is 23.4 Å². The van der Waals surface area contributed by atoms with Crippen molar-refractivity contribution in [1.29, 1.82) is 5.26 Å². The number of benzene rings is 3. The number of para-hydroxylation sites is 1. The van der Waals surface area contributed by atoms with Crippen molar-refractivity contribution in [1.82, 2.24) is 4.90 Å². The molecule has 0 aliphatic carbocycles. The molecule has 0 aromatic heterocycles. The van der Waals surface area contributed by atoms with Gasteiger partial charge < -0.3 is 15.5 Å². The van der Waals surface area contributed by atoms with Crippen LogP contribution in [0.25, 0.3) is 0 Å². The third kappa shape index (κ3) is 2.97. The number of hydrogen-bond donors (Lipinski definition) is 1. The van der Waals surface area contributed by atoms with Gasteiger partial charge in [-0.25, -0.2) is 4.39 Å². The van der Waals surface area contributed by atoms with Crippen LogP contribution in [0.15, 0.2) is 102 Å². The van der Waals surface area contributed by atoms with Crippen molar-refractivity contribution in [3.63, 3.8) is 0 Å². The second-order valence-corrected chi connectivity index (χ2v) is 9.28. The molecule has 0 radical (unpaired) electrons. The molecule has 1 unspecified atom stereocenters. The Kier molecular flexibility index (Phi) is 4.92. The number of halogens is 1. The smallest absolute Gasteiger partial charge is 0.254 e. The summed E-state index contributed by atoms with van der Waals surface area (Å²) in [5, 5.41) is 10.4. The lowest BCUT2D eigenvalue weighted by molar-refractivity contribution is -0.129. The number of anilines is 2. The van der Waals surface area contributed by atoms with E-state index in [1.54, 1.807) is 47.2 Å². The summed E-state index contributed by atoms with van der Waals surface area (Å²) in [5.41, 5.74) is 8.28. The number of carbonyl (C=O) groups excluding carboxylic acids is 2. The largest absolute Gasteiger partial charge is 0.384 e. The van der Waals surface area contributed by atoms with Crippen molar-refractivity contribution >= 4 is 23.2 Å². The van der Waals surface area contributed by atoms with Crippen molar-refractivity contribution in [2.24, 2.45) is 5.73 Å². The van der Waals surface area contributed by atoms with Crippen LogP contribution < -0.4 is 15.5 Å². The molecule has 2 N–H and O–H groups in total. The molecule has 1 atom stereocenters. The van der Waals surface area contributed by atoms with Gasteiger partial charge in [-0.15, -0.1) is 0 Å². The van der Waals surface area contributed by atoms with Crippen molar-refractivity contribution < 1.29 is 14.0 Å². The summed E-state index contributed by atoms with van der Waals surface area (Å²) in [6.45, 7) is 0.480. The van der Waals surface area contributed by atoms with Crippen LogP contribution in [0, 0.1) is 17.1 Å². The van der Waals surface area contributed by atoms with Gasteiger partial charge >= 0.3 is 0 Å². The maximum atomic E-state index is 14.2. The maximum absolute atomic E-state index is 14.2. The molecule has 7 nitrogen and oxygen atoms in total. The molecule has 0 fully saturated rings. The molecule has 0 saturated heterocycles. The summed E-state index contributed by atoms with van der Waals surface area (Å²) in [6.07, 6.45) is 0. The van der Waals surface area contributed by atoms with Gasteiger partial charge in [0.25, 0.3) is 5.91 Å². The highest BCUT2D eigenvalue weighted by molar-refractivity contribution is 6.20. The van der Waals surface area contributed by atoms with Crippen molar-refractivity contribution in [3.05, 3.63) is 118 Å². The summed E-state index contributed by atoms with van der Waals surface area (Å²) in [7, 11) is 1.63. The molecule has 37 heavy (non-hydrogen) atoms. The summed E-state index contributed by atoms with van der Waals surface area (Å²) < 4.78 is 13.8. The molecule has 3 aliphatic heterocycles. The van der Waals surface area contributed by atoms with E-state index < -0.39 is 17.1 Å². The number of nitriles is 1. The molecule has 3 aliphatic rings. The topological polar surface area (TPSA) is 93.7 Å². The highest BCUT2D eigenvalue weighted by atomic mass is 19.1. The SMILES string of the molecule is CN1C(=O)C2(C(C#N)=C(N)N(c3ccc(F)cc3)C3=C2C(=O)N(Cc2ccccc2)C3)c2ccccc21. The molecule has 2 amide bonds. The van der Waals surface area contributed by atoms with Crippen molar-refractivity contribution in [2.45, 2.75) is 12.0 Å². The molecule has 1 spiro atoms. The Morgan fingerprint density at radius 1 is 1.00 bits per heavy atom. The molecule has 182 valence electrons. The summed E-state index contributed by atoms with van der Waals surface area (Å²) in [5.74, 6) is -1.14. The molecule has 6 rings (SSSR count). The monoisotopic (exact) mass is 491 g/mol. The van der Waals surface area contributed by atoms with Crippen LogP contribution in [-0.4, -0.2) is 30.3 Å². The Bertz CT molecular complexity index is 1570. The molecular formula is C29H22FN5O2. The highest BCUT2D eigenvalue weighted by Crippen LogP contribution is 2.56. The van der Waals surface area contributed by atoms with Gasteiger partial charge in [-0.05, 0) is 35.9 Å². The first kappa shape index (κ1) is 22.6. The molecular weight excluding hydrogens is 469 g/mol. The number of carbonyl (C=O) groups is 2. The standard InChI is InChI=1S/C29H22FN5O2/c1-33-23-10-6-5-9-21(23)29(28(33)37)22(15-31)26(32)35(20-13-11-19(30)12-14-20)24-17-34(27(36)25(24)29)16-18-7-3-2-4-8-18/h2-14H,16-17,32H2,1H3. The van der Waals surface area contributed by atoms with Gasteiger partial charge in [-0.3, -0.25) is 14.5 Å². The average Bonchev–Trinajstić information content (AvgIpc) is 3.34. The Morgan fingerprint density at radius 2 is 1.68 bits per heavy atom. The van der Waals surface area contributed by atoms with Crippen LogP contribution in [0.1, 0.15) is 11.1 Å². The summed E-state index contributed by atoms with van der Waals surface area (Å²) >= 11 is 0. The highest BCUT2D eigenvalue weighted by Gasteiger charge is 2.63. The van der Waals surface area contributed by atoms with Gasteiger partial charge in [0.1, 0.15) is 23.1 Å². The molecule has 3 heterocycles. The Balaban J connectivity index is 1.61. The zero-order chi connectivity index (χ0) is 25.9. The summed E-state index contributed by atoms with van der Waals surface area (Å²) in [6, 6.07) is 24.5. The minimum atomic E-state index is -1.67. The summed E-state index contributed by atoms with van der Waals surface area (Å²) in [4.78, 5) is 33.0. The van der Waals surface area contributed by atoms with Crippen LogP contribution in [-0.2, 0) is 21.5 Å². The second kappa shape index (κ2) is 8.07. The normalized spacial score (nSPS) is 20.6. The predicted molar refractivity (Wildman–Crippen MR) is 136 cm³/mol. The fraction of sp³-hybridized carbons (Fsp3) is 0.138. The molecule has 3 aromatic carbocycles. The van der Waals surface area contributed by atoms with E-state index in [9.17, 15) is 19.2 Å². The molecule has 3 aromatic rings. The van der Waals surface area contributed by atoms with Crippen LogP contribution in [0.4, 0.5) is 15.8 Å². The minimum Gasteiger partial charge on any atom is -0.384 e. The first-order valence-electron chi connectivity index (χ1n) is 11.8. The lowest BCUT2D eigenvalue weighted by Gasteiger charge is -2.39. The first-order valence-corrected chi connectivity index (χ1v) is 11.8. The zero-order valence-corrected chi connectivity index (χ0v) is 20.0. The van der Waals surface area contributed by atoms with E-state index in [2.05, 4.69) is 6.07 Å². The minimum absolute atomic E-state index is 0.0210. The number of nitrogens with two attached hydrogens (primary N) is 1. The van der Waals surface area contributed by atoms with Crippen molar-refractivity contribution in [2.75, 3.05) is 23.4 Å². The van der Waals surface area contributed by atoms with E-state index in [0.29, 0.717) is 29.2 Å². The lowest BCUT2D eigenvalue weighted by atomic mass is 9.67. The van der Waals surface area contributed by atoms with E-state index in [-0.39, 0.29) is 29.4 Å². The number of rotatable bonds is 3. The Morgan fingerprint density at radius 3 is 2.38 bits per heavy atom. The molecule has 8 heteroatoms. The number of fused-ring (bicyclic) bond motifs is 3. The fourth-order valence-corrected chi connectivity index (χ4v) is 5.75. The number of likely N-dealkylation sites (N-methyl/N-ethyl adjacent to an activating group) is 1. The van der Waals surface area contributed by atoms with E-state index in [1.807, 2.05) is 36.4 Å². The van der Waals surface area contributed by atoms with Crippen LogP contribution in [0.2, 0.25) is 0 Å². The maximum Gasteiger partial charge on any atom is 0.254 e. The first-order chi connectivity index (χ1) is 17.9. The number of amides is 2. The third-order valence-electron chi connectivity index (χ3n) is 7.35. The van der Waals surface area contributed by atoms with E-state index in [4.69, 9.17) is 5.73 Å². The lowest BCUT2D eigenvalue weighted by Crippen LogP contribution is -2.50. The second-order valence-electron chi connectivity index (χ2n) is 9.28. The van der Waals surface area contributed by atoms with Gasteiger partial charge in [0.15, 0.2) is 0 Å². The zero-order valence-electron chi connectivity index (χ0n) is 20.0. The van der Waals surface area contributed by atoms with Gasteiger partial charge in [0.2, 0.25) is 5.91 Å².